The van der Waals surface area contributed by atoms with Crippen LogP contribution in [0.15, 0.2) is 59.8 Å². The third-order valence-corrected chi connectivity index (χ3v) is 5.22. The molecule has 162 valence electrons. The van der Waals surface area contributed by atoms with Gasteiger partial charge in [-0.15, -0.1) is 0 Å². The van der Waals surface area contributed by atoms with Crippen LogP contribution in [0.3, 0.4) is 0 Å². The standard InChI is InChI=1S/C25H30N4O2/c1-16(2)23(27-24(30)19-10-8-9-18(5)13-19)25(31)28-26-14-20-15-29(17(3)4)22-12-7-6-11-21(20)22/h6-17,23H,1-5H3,(H,27,30)(H,28,31)/b26-14+/t23-/m1/s1. The summed E-state index contributed by atoms with van der Waals surface area (Å²) in [6.07, 6.45) is 3.68. The fourth-order valence-corrected chi connectivity index (χ4v) is 3.54. The van der Waals surface area contributed by atoms with Crippen molar-refractivity contribution in [3.05, 3.63) is 71.4 Å². The lowest BCUT2D eigenvalue weighted by atomic mass is 10.0. The second-order valence-corrected chi connectivity index (χ2v) is 8.40. The smallest absolute Gasteiger partial charge is 0.262 e. The fourth-order valence-electron chi connectivity index (χ4n) is 3.54. The van der Waals surface area contributed by atoms with Gasteiger partial charge in [0.1, 0.15) is 6.04 Å². The molecule has 2 N–H and O–H groups in total. The largest absolute Gasteiger partial charge is 0.344 e. The Hall–Kier alpha value is -3.41. The average Bonchev–Trinajstić information content (AvgIpc) is 3.10. The topological polar surface area (TPSA) is 75.5 Å². The van der Waals surface area contributed by atoms with Gasteiger partial charge in [0.05, 0.1) is 6.21 Å². The van der Waals surface area contributed by atoms with Gasteiger partial charge in [0.15, 0.2) is 0 Å². The first-order valence-corrected chi connectivity index (χ1v) is 10.6. The molecule has 1 aromatic heterocycles. The van der Waals surface area contributed by atoms with Crippen molar-refractivity contribution in [3.8, 4) is 0 Å². The molecule has 0 saturated carbocycles. The summed E-state index contributed by atoms with van der Waals surface area (Å²) in [5, 5.41) is 8.07. The van der Waals surface area contributed by atoms with Gasteiger partial charge in [-0.25, -0.2) is 5.43 Å². The second-order valence-electron chi connectivity index (χ2n) is 8.40. The van der Waals surface area contributed by atoms with E-state index in [1.165, 1.54) is 0 Å². The molecule has 0 aliphatic heterocycles. The maximum Gasteiger partial charge on any atom is 0.262 e. The molecule has 0 unspecified atom stereocenters. The highest BCUT2D eigenvalue weighted by Crippen LogP contribution is 2.23. The van der Waals surface area contributed by atoms with E-state index < -0.39 is 6.04 Å². The third kappa shape index (κ3) is 5.20. The molecule has 6 nitrogen and oxygen atoms in total. The van der Waals surface area contributed by atoms with Crippen LogP contribution in [0.1, 0.15) is 55.2 Å². The molecular formula is C25H30N4O2. The number of carbonyl (C=O) groups excluding carboxylic acids is 2. The summed E-state index contributed by atoms with van der Waals surface area (Å²) < 4.78 is 2.18. The van der Waals surface area contributed by atoms with E-state index in [1.807, 2.05) is 57.3 Å². The molecule has 31 heavy (non-hydrogen) atoms. The molecule has 3 rings (SSSR count). The minimum absolute atomic E-state index is 0.0909. The van der Waals surface area contributed by atoms with Crippen LogP contribution in [0.5, 0.6) is 0 Å². The van der Waals surface area contributed by atoms with E-state index >= 15 is 0 Å². The van der Waals surface area contributed by atoms with Gasteiger partial charge in [-0.05, 0) is 44.9 Å². The molecule has 0 fully saturated rings. The van der Waals surface area contributed by atoms with Crippen LogP contribution in [0.25, 0.3) is 10.9 Å². The molecule has 0 saturated heterocycles. The minimum atomic E-state index is -0.692. The van der Waals surface area contributed by atoms with Crippen molar-refractivity contribution in [1.82, 2.24) is 15.3 Å². The van der Waals surface area contributed by atoms with Gasteiger partial charge in [-0.2, -0.15) is 5.10 Å². The Bertz CT molecular complexity index is 1110. The molecule has 0 aliphatic rings. The van der Waals surface area contributed by atoms with Crippen LogP contribution in [-0.4, -0.2) is 28.6 Å². The molecular weight excluding hydrogens is 388 g/mol. The number of para-hydroxylation sites is 1. The van der Waals surface area contributed by atoms with Crippen LogP contribution in [0.2, 0.25) is 0 Å². The first-order valence-electron chi connectivity index (χ1n) is 10.6. The number of aryl methyl sites for hydroxylation is 1. The number of hydrogen-bond donors (Lipinski definition) is 2. The Balaban J connectivity index is 1.73. The monoisotopic (exact) mass is 418 g/mol. The number of nitrogens with one attached hydrogen (secondary N) is 2. The van der Waals surface area contributed by atoms with E-state index in [2.05, 4.69) is 40.3 Å². The van der Waals surface area contributed by atoms with Gasteiger partial charge in [-0.1, -0.05) is 49.7 Å². The van der Waals surface area contributed by atoms with Gasteiger partial charge >= 0.3 is 0 Å². The van der Waals surface area contributed by atoms with Crippen LogP contribution < -0.4 is 10.7 Å². The van der Waals surface area contributed by atoms with E-state index in [-0.39, 0.29) is 17.7 Å². The predicted molar refractivity (Wildman–Crippen MR) is 125 cm³/mol. The van der Waals surface area contributed by atoms with E-state index in [9.17, 15) is 9.59 Å². The summed E-state index contributed by atoms with van der Waals surface area (Å²) in [7, 11) is 0. The van der Waals surface area contributed by atoms with Crippen molar-refractivity contribution in [2.24, 2.45) is 11.0 Å². The Labute approximate surface area is 183 Å². The SMILES string of the molecule is Cc1cccc(C(=O)N[C@@H](C(=O)N/N=C/c2cn(C(C)C)c3ccccc23)C(C)C)c1. The summed E-state index contributed by atoms with van der Waals surface area (Å²) in [5.74, 6) is -0.715. The molecule has 2 aromatic carbocycles. The summed E-state index contributed by atoms with van der Waals surface area (Å²) in [6.45, 7) is 9.95. The molecule has 0 bridgehead atoms. The van der Waals surface area contributed by atoms with Gasteiger partial charge in [0.2, 0.25) is 0 Å². The van der Waals surface area contributed by atoms with Gasteiger partial charge in [0, 0.05) is 34.3 Å². The molecule has 0 spiro atoms. The van der Waals surface area contributed by atoms with Crippen molar-refractivity contribution in [2.45, 2.75) is 46.7 Å². The number of hydrogen-bond acceptors (Lipinski definition) is 3. The Kier molecular flexibility index (Phi) is 6.90. The Morgan fingerprint density at radius 2 is 1.77 bits per heavy atom. The number of aromatic nitrogens is 1. The molecule has 6 heteroatoms. The van der Waals surface area contributed by atoms with E-state index in [0.717, 1.165) is 22.0 Å². The number of nitrogens with zero attached hydrogens (tertiary/aromatic N) is 2. The van der Waals surface area contributed by atoms with E-state index in [0.29, 0.717) is 11.6 Å². The lowest BCUT2D eigenvalue weighted by Crippen LogP contribution is -2.48. The molecule has 0 radical (unpaired) electrons. The summed E-state index contributed by atoms with van der Waals surface area (Å²) in [6, 6.07) is 15.0. The van der Waals surface area contributed by atoms with Gasteiger partial charge in [0.25, 0.3) is 11.8 Å². The van der Waals surface area contributed by atoms with Crippen LogP contribution >= 0.6 is 0 Å². The number of fused-ring (bicyclic) bond motifs is 1. The van der Waals surface area contributed by atoms with Crippen LogP contribution in [0.4, 0.5) is 0 Å². The quantitative estimate of drug-likeness (QED) is 0.440. The van der Waals surface area contributed by atoms with E-state index in [1.54, 1.807) is 18.3 Å². The van der Waals surface area contributed by atoms with Crippen molar-refractivity contribution in [1.29, 1.82) is 0 Å². The van der Waals surface area contributed by atoms with Crippen molar-refractivity contribution < 1.29 is 9.59 Å². The zero-order chi connectivity index (χ0) is 22.5. The van der Waals surface area contributed by atoms with Crippen molar-refractivity contribution in [3.63, 3.8) is 0 Å². The average molecular weight is 419 g/mol. The summed E-state index contributed by atoms with van der Waals surface area (Å²) in [4.78, 5) is 25.3. The predicted octanol–water partition coefficient (Wildman–Crippen LogP) is 4.44. The van der Waals surface area contributed by atoms with Crippen molar-refractivity contribution >= 4 is 28.9 Å². The lowest BCUT2D eigenvalue weighted by Gasteiger charge is -2.20. The first-order chi connectivity index (χ1) is 14.8. The number of amides is 2. The fraction of sp³-hybridized carbons (Fsp3) is 0.320. The molecule has 3 aromatic rings. The maximum atomic E-state index is 12.7. The Morgan fingerprint density at radius 3 is 2.45 bits per heavy atom. The molecule has 1 atom stereocenters. The highest BCUT2D eigenvalue weighted by Gasteiger charge is 2.24. The lowest BCUT2D eigenvalue weighted by molar-refractivity contribution is -0.123. The maximum absolute atomic E-state index is 12.7. The van der Waals surface area contributed by atoms with Gasteiger partial charge in [-0.3, -0.25) is 9.59 Å². The molecule has 0 aliphatic carbocycles. The van der Waals surface area contributed by atoms with E-state index in [4.69, 9.17) is 0 Å². The number of rotatable bonds is 7. The second kappa shape index (κ2) is 9.60. The highest BCUT2D eigenvalue weighted by atomic mass is 16.2. The summed E-state index contributed by atoms with van der Waals surface area (Å²) in [5.41, 5.74) is 6.16. The van der Waals surface area contributed by atoms with Gasteiger partial charge < -0.3 is 9.88 Å². The summed E-state index contributed by atoms with van der Waals surface area (Å²) >= 11 is 0. The number of benzene rings is 2. The zero-order valence-corrected chi connectivity index (χ0v) is 18.7. The first kappa shape index (κ1) is 22.3. The minimum Gasteiger partial charge on any atom is -0.344 e. The van der Waals surface area contributed by atoms with Crippen LogP contribution in [-0.2, 0) is 4.79 Å². The number of hydrazone groups is 1. The molecule has 2 amide bonds. The number of carbonyl (C=O) groups is 2. The third-order valence-electron chi connectivity index (χ3n) is 5.22. The van der Waals surface area contributed by atoms with Crippen molar-refractivity contribution in [2.75, 3.05) is 0 Å². The Morgan fingerprint density at radius 1 is 1.03 bits per heavy atom. The normalized spacial score (nSPS) is 12.6. The zero-order valence-electron chi connectivity index (χ0n) is 18.7. The van der Waals surface area contributed by atoms with Crippen LogP contribution in [0, 0.1) is 12.8 Å². The molecule has 1 heterocycles. The highest BCUT2D eigenvalue weighted by molar-refractivity contribution is 6.00.